The highest BCUT2D eigenvalue weighted by molar-refractivity contribution is 7.16. The smallest absolute Gasteiger partial charge is 0.262 e. The topological polar surface area (TPSA) is 64.0 Å². The molecule has 25 heavy (non-hydrogen) atoms. The zero-order valence-electron chi connectivity index (χ0n) is 13.3. The van der Waals surface area contributed by atoms with Crippen molar-refractivity contribution >= 4 is 27.5 Å². The second-order valence-electron chi connectivity index (χ2n) is 6.20. The minimum absolute atomic E-state index is 0.0900. The van der Waals surface area contributed by atoms with E-state index in [1.807, 2.05) is 5.38 Å². The van der Waals surface area contributed by atoms with Crippen molar-refractivity contribution in [2.75, 3.05) is 0 Å². The van der Waals surface area contributed by atoms with E-state index in [9.17, 15) is 14.0 Å². The van der Waals surface area contributed by atoms with E-state index in [0.717, 1.165) is 12.0 Å². The molecule has 7 heteroatoms. The number of hydrogen-bond acceptors (Lipinski definition) is 4. The summed E-state index contributed by atoms with van der Waals surface area (Å²) in [5, 5.41) is 5.39. The number of aryl methyl sites for hydroxylation is 1. The van der Waals surface area contributed by atoms with Crippen molar-refractivity contribution in [2.45, 2.75) is 31.3 Å². The number of fused-ring (bicyclic) bond motifs is 1. The van der Waals surface area contributed by atoms with Crippen LogP contribution in [0.15, 0.2) is 46.8 Å². The maximum absolute atomic E-state index is 12.9. The van der Waals surface area contributed by atoms with E-state index in [4.69, 9.17) is 0 Å². The molecular weight excluding hydrogens is 341 g/mol. The molecule has 0 saturated heterocycles. The molecule has 0 aliphatic heterocycles. The van der Waals surface area contributed by atoms with Gasteiger partial charge in [0.15, 0.2) is 0 Å². The number of aromatic nitrogens is 2. The van der Waals surface area contributed by atoms with E-state index < -0.39 is 0 Å². The van der Waals surface area contributed by atoms with Crippen LogP contribution in [-0.2, 0) is 11.3 Å². The minimum Gasteiger partial charge on any atom is -0.353 e. The molecular formula is C18H16FN3O2S. The third-order valence-electron chi connectivity index (χ3n) is 4.47. The highest BCUT2D eigenvalue weighted by Gasteiger charge is 2.39. The summed E-state index contributed by atoms with van der Waals surface area (Å²) < 4.78 is 14.4. The summed E-state index contributed by atoms with van der Waals surface area (Å²) >= 11 is 1.42. The number of carbonyl (C=O) groups excluding carboxylic acids is 1. The van der Waals surface area contributed by atoms with Gasteiger partial charge >= 0.3 is 0 Å². The number of carbonyl (C=O) groups is 1. The van der Waals surface area contributed by atoms with Crippen LogP contribution in [0.4, 0.5) is 4.39 Å². The molecule has 1 N–H and O–H groups in total. The lowest BCUT2D eigenvalue weighted by Gasteiger charge is -2.07. The summed E-state index contributed by atoms with van der Waals surface area (Å²) in [4.78, 5) is 29.3. The normalized spacial score (nSPS) is 19.1. The first-order valence-electron chi connectivity index (χ1n) is 8.09. The van der Waals surface area contributed by atoms with Gasteiger partial charge in [-0.15, -0.1) is 11.3 Å². The molecule has 0 bridgehead atoms. The van der Waals surface area contributed by atoms with Crippen LogP contribution in [0.5, 0.6) is 0 Å². The lowest BCUT2D eigenvalue weighted by Crippen LogP contribution is -2.29. The standard InChI is InChI=1S/C18H16FN3O2S/c19-12-3-1-11(2-4-12)14-9-15(14)21-16(23)5-7-22-10-20-17-13(18(22)24)6-8-25-17/h1-4,6,8,10,14-15H,5,7,9H2,(H,21,23)/t14-,15-/m0/s1. The highest BCUT2D eigenvalue weighted by Crippen LogP contribution is 2.40. The first-order chi connectivity index (χ1) is 12.1. The van der Waals surface area contributed by atoms with Crippen molar-refractivity contribution in [3.8, 4) is 0 Å². The van der Waals surface area contributed by atoms with Gasteiger partial charge in [-0.2, -0.15) is 0 Å². The molecule has 5 nitrogen and oxygen atoms in total. The fraction of sp³-hybridized carbons (Fsp3) is 0.278. The molecule has 128 valence electrons. The quantitative estimate of drug-likeness (QED) is 0.764. The molecule has 1 aliphatic carbocycles. The Balaban J connectivity index is 1.33. The molecule has 3 aromatic rings. The van der Waals surface area contributed by atoms with Gasteiger partial charge in [-0.3, -0.25) is 14.2 Å². The second kappa shape index (κ2) is 6.40. The number of benzene rings is 1. The largest absolute Gasteiger partial charge is 0.353 e. The molecule has 0 unspecified atom stereocenters. The summed E-state index contributed by atoms with van der Waals surface area (Å²) in [7, 11) is 0. The van der Waals surface area contributed by atoms with Crippen LogP contribution in [0, 0.1) is 5.82 Å². The Morgan fingerprint density at radius 3 is 2.92 bits per heavy atom. The van der Waals surface area contributed by atoms with Crippen molar-refractivity contribution in [2.24, 2.45) is 0 Å². The number of rotatable bonds is 5. The Labute approximate surface area is 147 Å². The SMILES string of the molecule is O=C(CCn1cnc2sccc2c1=O)N[C@H]1C[C@H]1c1ccc(F)cc1. The molecule has 2 heterocycles. The minimum atomic E-state index is -0.258. The summed E-state index contributed by atoms with van der Waals surface area (Å²) in [6.07, 6.45) is 2.58. The summed E-state index contributed by atoms with van der Waals surface area (Å²) in [5.41, 5.74) is 0.921. The molecule has 2 atom stereocenters. The summed E-state index contributed by atoms with van der Waals surface area (Å²) in [6, 6.07) is 8.23. The molecule has 4 rings (SSSR count). The Bertz CT molecular complexity index is 980. The Kier molecular flexibility index (Phi) is 4.09. The van der Waals surface area contributed by atoms with E-state index in [1.54, 1.807) is 18.2 Å². The summed E-state index contributed by atoms with van der Waals surface area (Å²) in [6.45, 7) is 0.303. The van der Waals surface area contributed by atoms with E-state index in [2.05, 4.69) is 10.3 Å². The highest BCUT2D eigenvalue weighted by atomic mass is 32.1. The average molecular weight is 357 g/mol. The molecule has 1 fully saturated rings. The zero-order valence-corrected chi connectivity index (χ0v) is 14.1. The molecule has 0 spiro atoms. The molecule has 1 aromatic carbocycles. The van der Waals surface area contributed by atoms with E-state index in [1.165, 1.54) is 34.4 Å². The van der Waals surface area contributed by atoms with Gasteiger partial charge in [-0.05, 0) is 35.6 Å². The van der Waals surface area contributed by atoms with Crippen molar-refractivity contribution in [3.63, 3.8) is 0 Å². The maximum Gasteiger partial charge on any atom is 0.262 e. The van der Waals surface area contributed by atoms with Gasteiger partial charge in [-0.25, -0.2) is 9.37 Å². The molecule has 0 radical (unpaired) electrons. The fourth-order valence-electron chi connectivity index (χ4n) is 2.99. The van der Waals surface area contributed by atoms with Gasteiger partial charge < -0.3 is 5.32 Å². The number of hydrogen-bond donors (Lipinski definition) is 1. The first-order valence-corrected chi connectivity index (χ1v) is 8.97. The number of nitrogens with zero attached hydrogens (tertiary/aromatic N) is 2. The van der Waals surface area contributed by atoms with Crippen LogP contribution < -0.4 is 10.9 Å². The molecule has 1 amide bonds. The number of amides is 1. The van der Waals surface area contributed by atoms with Crippen molar-refractivity contribution in [1.29, 1.82) is 0 Å². The van der Waals surface area contributed by atoms with Crippen LogP contribution in [-0.4, -0.2) is 21.5 Å². The van der Waals surface area contributed by atoms with Crippen molar-refractivity contribution in [1.82, 2.24) is 14.9 Å². The number of nitrogens with one attached hydrogen (secondary N) is 1. The predicted molar refractivity (Wildman–Crippen MR) is 94.2 cm³/mol. The Hall–Kier alpha value is -2.54. The third-order valence-corrected chi connectivity index (χ3v) is 5.29. The molecule has 2 aromatic heterocycles. The first kappa shape index (κ1) is 16.0. The number of halogens is 1. The maximum atomic E-state index is 12.9. The van der Waals surface area contributed by atoms with Gasteiger partial charge in [-0.1, -0.05) is 12.1 Å². The number of thiophene rings is 1. The van der Waals surface area contributed by atoms with Crippen LogP contribution in [0.2, 0.25) is 0 Å². The lowest BCUT2D eigenvalue weighted by molar-refractivity contribution is -0.121. The average Bonchev–Trinajstić information content (AvgIpc) is 3.18. The Morgan fingerprint density at radius 1 is 1.32 bits per heavy atom. The van der Waals surface area contributed by atoms with Gasteiger partial charge in [0.2, 0.25) is 5.91 Å². The van der Waals surface area contributed by atoms with Gasteiger partial charge in [0.25, 0.3) is 5.56 Å². The third kappa shape index (κ3) is 3.32. The predicted octanol–water partition coefficient (Wildman–Crippen LogP) is 2.66. The fourth-order valence-corrected chi connectivity index (χ4v) is 3.71. The summed E-state index contributed by atoms with van der Waals surface area (Å²) in [5.74, 6) is -0.102. The van der Waals surface area contributed by atoms with E-state index in [-0.39, 0.29) is 35.7 Å². The zero-order chi connectivity index (χ0) is 17.4. The monoisotopic (exact) mass is 357 g/mol. The van der Waals surface area contributed by atoms with Crippen LogP contribution in [0.1, 0.15) is 24.3 Å². The van der Waals surface area contributed by atoms with Crippen LogP contribution >= 0.6 is 11.3 Å². The second-order valence-corrected chi connectivity index (χ2v) is 7.09. The van der Waals surface area contributed by atoms with Gasteiger partial charge in [0.1, 0.15) is 10.6 Å². The molecule has 1 aliphatic rings. The van der Waals surface area contributed by atoms with Crippen molar-refractivity contribution in [3.05, 3.63) is 63.8 Å². The van der Waals surface area contributed by atoms with Crippen LogP contribution in [0.3, 0.4) is 0 Å². The van der Waals surface area contributed by atoms with Crippen LogP contribution in [0.25, 0.3) is 10.2 Å². The Morgan fingerprint density at radius 2 is 2.12 bits per heavy atom. The lowest BCUT2D eigenvalue weighted by atomic mass is 10.1. The van der Waals surface area contributed by atoms with Gasteiger partial charge in [0, 0.05) is 24.9 Å². The molecule has 1 saturated carbocycles. The van der Waals surface area contributed by atoms with E-state index >= 15 is 0 Å². The van der Waals surface area contributed by atoms with Gasteiger partial charge in [0.05, 0.1) is 11.7 Å². The van der Waals surface area contributed by atoms with Crippen molar-refractivity contribution < 1.29 is 9.18 Å². The van der Waals surface area contributed by atoms with E-state index in [0.29, 0.717) is 16.8 Å².